The highest BCUT2D eigenvalue weighted by atomic mass is 32.1. The van der Waals surface area contributed by atoms with Crippen molar-refractivity contribution in [1.82, 2.24) is 15.2 Å². The minimum absolute atomic E-state index is 0.0584. The van der Waals surface area contributed by atoms with Crippen LogP contribution in [-0.4, -0.2) is 16.6 Å². The van der Waals surface area contributed by atoms with Crippen molar-refractivity contribution in [3.8, 4) is 10.6 Å². The van der Waals surface area contributed by atoms with E-state index in [0.29, 0.717) is 12.6 Å². The molecule has 2 amide bonds. The molecule has 2 N–H and O–H groups in total. The predicted octanol–water partition coefficient (Wildman–Crippen LogP) is 4.65. The SMILES string of the molecule is Cn1c(-c2cccs2)c(CNC(=O)NC2CCCC2)c2ccccc21. The van der Waals surface area contributed by atoms with Crippen molar-refractivity contribution in [3.63, 3.8) is 0 Å². The number of hydrogen-bond acceptors (Lipinski definition) is 2. The van der Waals surface area contributed by atoms with Gasteiger partial charge in [0.1, 0.15) is 0 Å². The highest BCUT2D eigenvalue weighted by Crippen LogP contribution is 2.35. The number of nitrogens with zero attached hydrogens (tertiary/aromatic N) is 1. The Balaban J connectivity index is 1.61. The van der Waals surface area contributed by atoms with E-state index in [1.165, 1.54) is 39.9 Å². The summed E-state index contributed by atoms with van der Waals surface area (Å²) >= 11 is 1.73. The molecule has 0 aliphatic heterocycles. The first-order valence-electron chi connectivity index (χ1n) is 8.88. The summed E-state index contributed by atoms with van der Waals surface area (Å²) < 4.78 is 2.23. The Morgan fingerprint density at radius 1 is 1.20 bits per heavy atom. The fourth-order valence-electron chi connectivity index (χ4n) is 3.85. The predicted molar refractivity (Wildman–Crippen MR) is 104 cm³/mol. The number of hydrogen-bond donors (Lipinski definition) is 2. The number of fused-ring (bicyclic) bond motifs is 1. The summed E-state index contributed by atoms with van der Waals surface area (Å²) in [6, 6.07) is 12.9. The van der Waals surface area contributed by atoms with E-state index in [2.05, 4.69) is 64.0 Å². The molecule has 1 fully saturated rings. The summed E-state index contributed by atoms with van der Waals surface area (Å²) in [6.45, 7) is 0.535. The van der Waals surface area contributed by atoms with Crippen LogP contribution in [0, 0.1) is 0 Å². The summed E-state index contributed by atoms with van der Waals surface area (Å²) in [7, 11) is 2.10. The van der Waals surface area contributed by atoms with Gasteiger partial charge in [-0.1, -0.05) is 37.1 Å². The van der Waals surface area contributed by atoms with Gasteiger partial charge in [-0.15, -0.1) is 11.3 Å². The van der Waals surface area contributed by atoms with Crippen LogP contribution in [0.5, 0.6) is 0 Å². The van der Waals surface area contributed by atoms with Gasteiger partial charge in [0, 0.05) is 36.1 Å². The number of carbonyl (C=O) groups is 1. The Hall–Kier alpha value is -2.27. The summed E-state index contributed by atoms with van der Waals surface area (Å²) in [5.41, 5.74) is 3.57. The number of thiophene rings is 1. The first-order valence-corrected chi connectivity index (χ1v) is 9.76. The number of benzene rings is 1. The second-order valence-electron chi connectivity index (χ2n) is 6.69. The first-order chi connectivity index (χ1) is 12.2. The van der Waals surface area contributed by atoms with Crippen molar-refractivity contribution < 1.29 is 4.79 Å². The van der Waals surface area contributed by atoms with Gasteiger partial charge in [0.25, 0.3) is 0 Å². The summed E-state index contributed by atoms with van der Waals surface area (Å²) in [5, 5.41) is 9.48. The molecule has 1 aromatic carbocycles. The summed E-state index contributed by atoms with van der Waals surface area (Å²) in [6.07, 6.45) is 4.64. The quantitative estimate of drug-likeness (QED) is 0.705. The van der Waals surface area contributed by atoms with Crippen molar-refractivity contribution in [1.29, 1.82) is 0 Å². The molecule has 2 heterocycles. The van der Waals surface area contributed by atoms with E-state index in [1.54, 1.807) is 11.3 Å². The molecule has 3 aromatic rings. The number of para-hydroxylation sites is 1. The third-order valence-electron chi connectivity index (χ3n) is 5.08. The molecule has 5 heteroatoms. The average Bonchev–Trinajstić information content (AvgIpc) is 3.35. The van der Waals surface area contributed by atoms with Gasteiger partial charge in [0.05, 0.1) is 10.6 Å². The molecule has 0 atom stereocenters. The monoisotopic (exact) mass is 353 g/mol. The number of nitrogens with one attached hydrogen (secondary N) is 2. The summed E-state index contributed by atoms with van der Waals surface area (Å²) in [5.74, 6) is 0. The highest BCUT2D eigenvalue weighted by molar-refractivity contribution is 7.13. The maximum atomic E-state index is 12.3. The van der Waals surface area contributed by atoms with Crippen LogP contribution in [0.2, 0.25) is 0 Å². The number of amides is 2. The Bertz CT molecular complexity index is 876. The van der Waals surface area contributed by atoms with E-state index < -0.39 is 0 Å². The molecule has 25 heavy (non-hydrogen) atoms. The first kappa shape index (κ1) is 16.2. The molecule has 0 unspecified atom stereocenters. The second kappa shape index (κ2) is 6.92. The molecular formula is C20H23N3OS. The topological polar surface area (TPSA) is 46.1 Å². The van der Waals surface area contributed by atoms with Crippen molar-refractivity contribution in [2.24, 2.45) is 7.05 Å². The van der Waals surface area contributed by atoms with Gasteiger partial charge < -0.3 is 15.2 Å². The van der Waals surface area contributed by atoms with Crippen molar-refractivity contribution >= 4 is 28.3 Å². The van der Waals surface area contributed by atoms with Crippen molar-refractivity contribution in [3.05, 3.63) is 47.3 Å². The van der Waals surface area contributed by atoms with Crippen LogP contribution in [0.1, 0.15) is 31.2 Å². The standard InChI is InChI=1S/C20H23N3OS/c1-23-17-10-5-4-9-15(17)16(19(23)18-11-6-12-25-18)13-21-20(24)22-14-7-2-3-8-14/h4-6,9-12,14H,2-3,7-8,13H2,1H3,(H2,21,22,24). The van der Waals surface area contributed by atoms with Gasteiger partial charge in [0.15, 0.2) is 0 Å². The molecule has 0 bridgehead atoms. The smallest absolute Gasteiger partial charge is 0.315 e. The lowest BCUT2D eigenvalue weighted by Crippen LogP contribution is -2.40. The van der Waals surface area contributed by atoms with E-state index in [-0.39, 0.29) is 6.03 Å². The molecule has 1 aliphatic rings. The third-order valence-corrected chi connectivity index (χ3v) is 5.96. The van der Waals surface area contributed by atoms with Crippen molar-refractivity contribution in [2.75, 3.05) is 0 Å². The van der Waals surface area contributed by atoms with Crippen molar-refractivity contribution in [2.45, 2.75) is 38.3 Å². The van der Waals surface area contributed by atoms with Gasteiger partial charge in [-0.05, 0) is 30.4 Å². The fraction of sp³-hybridized carbons (Fsp3) is 0.350. The molecule has 4 rings (SSSR count). The minimum Gasteiger partial charge on any atom is -0.343 e. The zero-order valence-electron chi connectivity index (χ0n) is 14.4. The molecule has 0 radical (unpaired) electrons. The molecule has 2 aromatic heterocycles. The fourth-order valence-corrected chi connectivity index (χ4v) is 4.69. The van der Waals surface area contributed by atoms with E-state index in [9.17, 15) is 4.79 Å². The zero-order chi connectivity index (χ0) is 17.2. The lowest BCUT2D eigenvalue weighted by molar-refractivity contribution is 0.237. The van der Waals surface area contributed by atoms with Gasteiger partial charge in [-0.2, -0.15) is 0 Å². The molecule has 4 nitrogen and oxygen atoms in total. The van der Waals surface area contributed by atoms with E-state index in [1.807, 2.05) is 0 Å². The van der Waals surface area contributed by atoms with Crippen LogP contribution in [0.4, 0.5) is 4.79 Å². The van der Waals surface area contributed by atoms with Crippen LogP contribution < -0.4 is 10.6 Å². The summed E-state index contributed by atoms with van der Waals surface area (Å²) in [4.78, 5) is 13.5. The number of aryl methyl sites for hydroxylation is 1. The number of rotatable bonds is 4. The van der Waals surface area contributed by atoms with E-state index >= 15 is 0 Å². The van der Waals surface area contributed by atoms with Crippen LogP contribution in [0.3, 0.4) is 0 Å². The Labute approximate surface area is 151 Å². The Kier molecular flexibility index (Phi) is 4.49. The Morgan fingerprint density at radius 2 is 2.00 bits per heavy atom. The van der Waals surface area contributed by atoms with Gasteiger partial charge in [-0.25, -0.2) is 4.79 Å². The highest BCUT2D eigenvalue weighted by Gasteiger charge is 2.19. The third kappa shape index (κ3) is 3.16. The lowest BCUT2D eigenvalue weighted by Gasteiger charge is -2.13. The molecular weight excluding hydrogens is 330 g/mol. The lowest BCUT2D eigenvalue weighted by atomic mass is 10.1. The average molecular weight is 353 g/mol. The molecule has 0 spiro atoms. The number of carbonyl (C=O) groups excluding carboxylic acids is 1. The molecule has 1 aliphatic carbocycles. The second-order valence-corrected chi connectivity index (χ2v) is 7.64. The van der Waals surface area contributed by atoms with Crippen LogP contribution >= 0.6 is 11.3 Å². The maximum Gasteiger partial charge on any atom is 0.315 e. The van der Waals surface area contributed by atoms with Crippen LogP contribution in [0.15, 0.2) is 41.8 Å². The van der Waals surface area contributed by atoms with Gasteiger partial charge in [0.2, 0.25) is 0 Å². The van der Waals surface area contributed by atoms with Gasteiger partial charge in [-0.3, -0.25) is 0 Å². The van der Waals surface area contributed by atoms with Crippen LogP contribution in [0.25, 0.3) is 21.5 Å². The normalized spacial score (nSPS) is 14.9. The van der Waals surface area contributed by atoms with E-state index in [0.717, 1.165) is 12.8 Å². The minimum atomic E-state index is -0.0584. The molecule has 130 valence electrons. The molecule has 1 saturated carbocycles. The maximum absolute atomic E-state index is 12.3. The largest absolute Gasteiger partial charge is 0.343 e. The van der Waals surface area contributed by atoms with Gasteiger partial charge >= 0.3 is 6.03 Å². The van der Waals surface area contributed by atoms with Crippen LogP contribution in [-0.2, 0) is 13.6 Å². The Morgan fingerprint density at radius 3 is 2.76 bits per heavy atom. The van der Waals surface area contributed by atoms with E-state index in [4.69, 9.17) is 0 Å². The zero-order valence-corrected chi connectivity index (χ0v) is 15.2. The molecule has 0 saturated heterocycles. The number of urea groups is 1. The number of aromatic nitrogens is 1.